The second-order valence-corrected chi connectivity index (χ2v) is 7.87. The molecular formula is C20H22BrN3O2. The predicted molar refractivity (Wildman–Crippen MR) is 104 cm³/mol. The first-order valence-electron chi connectivity index (χ1n) is 8.53. The number of carbonyl (C=O) groups excluding carboxylic acids is 2. The average molecular weight is 416 g/mol. The Morgan fingerprint density at radius 1 is 1.12 bits per heavy atom. The van der Waals surface area contributed by atoms with Crippen molar-refractivity contribution >= 4 is 27.7 Å². The van der Waals surface area contributed by atoms with Gasteiger partial charge in [-0.2, -0.15) is 0 Å². The minimum atomic E-state index is -0.580. The van der Waals surface area contributed by atoms with Gasteiger partial charge in [-0.15, -0.1) is 0 Å². The van der Waals surface area contributed by atoms with Crippen LogP contribution >= 0.6 is 15.9 Å². The highest BCUT2D eigenvalue weighted by molar-refractivity contribution is 9.10. The standard InChI is InChI=1S/C20H22BrN3O2/c1-20(2,14-8-10-15(21)11-9-14)24-19(26)16-12-17(25)23-18(22-16)13-6-4-3-5-7-13/h3-11,16,18,22H,12H2,1-2H3,(H,23,25)(H,24,26). The number of benzene rings is 2. The molecule has 2 aromatic carbocycles. The highest BCUT2D eigenvalue weighted by atomic mass is 79.9. The third kappa shape index (κ3) is 4.31. The Morgan fingerprint density at radius 2 is 1.77 bits per heavy atom. The van der Waals surface area contributed by atoms with Gasteiger partial charge in [0.15, 0.2) is 0 Å². The van der Waals surface area contributed by atoms with E-state index >= 15 is 0 Å². The van der Waals surface area contributed by atoms with E-state index in [1.54, 1.807) is 0 Å². The molecule has 3 N–H and O–H groups in total. The van der Waals surface area contributed by atoms with Crippen LogP contribution in [0.2, 0.25) is 0 Å². The highest BCUT2D eigenvalue weighted by Gasteiger charge is 2.34. The first-order chi connectivity index (χ1) is 12.3. The molecule has 0 spiro atoms. The maximum absolute atomic E-state index is 12.8. The minimum Gasteiger partial charge on any atom is -0.346 e. The van der Waals surface area contributed by atoms with E-state index in [9.17, 15) is 9.59 Å². The van der Waals surface area contributed by atoms with Crippen LogP contribution in [0.1, 0.15) is 37.6 Å². The largest absolute Gasteiger partial charge is 0.346 e. The summed E-state index contributed by atoms with van der Waals surface area (Å²) in [5.41, 5.74) is 1.37. The van der Waals surface area contributed by atoms with Gasteiger partial charge >= 0.3 is 0 Å². The van der Waals surface area contributed by atoms with Crippen molar-refractivity contribution in [3.63, 3.8) is 0 Å². The van der Waals surface area contributed by atoms with Crippen LogP contribution in [0.15, 0.2) is 59.1 Å². The Labute approximate surface area is 161 Å². The molecule has 2 amide bonds. The van der Waals surface area contributed by atoms with Crippen molar-refractivity contribution in [2.45, 2.75) is 38.0 Å². The van der Waals surface area contributed by atoms with Crippen molar-refractivity contribution in [3.05, 3.63) is 70.2 Å². The molecule has 1 fully saturated rings. The van der Waals surface area contributed by atoms with Gasteiger partial charge in [0.05, 0.1) is 18.0 Å². The molecule has 0 bridgehead atoms. The zero-order valence-electron chi connectivity index (χ0n) is 14.8. The molecule has 136 valence electrons. The number of nitrogens with one attached hydrogen (secondary N) is 3. The second kappa shape index (κ2) is 7.60. The number of hydrogen-bond donors (Lipinski definition) is 3. The molecule has 0 aromatic heterocycles. The van der Waals surface area contributed by atoms with Gasteiger partial charge in [0.2, 0.25) is 11.8 Å². The normalized spacial score (nSPS) is 20.3. The summed E-state index contributed by atoms with van der Waals surface area (Å²) >= 11 is 3.42. The van der Waals surface area contributed by atoms with Crippen molar-refractivity contribution < 1.29 is 9.59 Å². The summed E-state index contributed by atoms with van der Waals surface area (Å²) in [6.45, 7) is 3.90. The van der Waals surface area contributed by atoms with E-state index in [-0.39, 0.29) is 24.4 Å². The minimum absolute atomic E-state index is 0.117. The van der Waals surface area contributed by atoms with Gasteiger partial charge in [-0.25, -0.2) is 0 Å². The van der Waals surface area contributed by atoms with E-state index in [1.165, 1.54) is 0 Å². The molecule has 1 heterocycles. The molecule has 1 saturated heterocycles. The van der Waals surface area contributed by atoms with Crippen molar-refractivity contribution in [1.29, 1.82) is 0 Å². The van der Waals surface area contributed by atoms with Crippen LogP contribution in [-0.2, 0) is 15.1 Å². The molecule has 26 heavy (non-hydrogen) atoms. The fraction of sp³-hybridized carbons (Fsp3) is 0.300. The van der Waals surface area contributed by atoms with E-state index in [2.05, 4.69) is 31.9 Å². The summed E-state index contributed by atoms with van der Waals surface area (Å²) in [7, 11) is 0. The lowest BCUT2D eigenvalue weighted by molar-refractivity contribution is -0.132. The number of halogens is 1. The van der Waals surface area contributed by atoms with Crippen LogP contribution < -0.4 is 16.0 Å². The van der Waals surface area contributed by atoms with E-state index in [0.29, 0.717) is 0 Å². The van der Waals surface area contributed by atoms with Gasteiger partial charge in [-0.3, -0.25) is 14.9 Å². The van der Waals surface area contributed by atoms with Crippen molar-refractivity contribution in [1.82, 2.24) is 16.0 Å². The fourth-order valence-corrected chi connectivity index (χ4v) is 3.30. The number of carbonyl (C=O) groups is 2. The number of amides is 2. The molecule has 0 aliphatic carbocycles. The maximum Gasteiger partial charge on any atom is 0.238 e. The molecule has 2 atom stereocenters. The lowest BCUT2D eigenvalue weighted by atomic mass is 9.93. The molecular weight excluding hydrogens is 394 g/mol. The topological polar surface area (TPSA) is 70.2 Å². The monoisotopic (exact) mass is 415 g/mol. The summed E-state index contributed by atoms with van der Waals surface area (Å²) < 4.78 is 0.986. The molecule has 2 unspecified atom stereocenters. The Hall–Kier alpha value is -2.18. The van der Waals surface area contributed by atoms with Gasteiger partial charge in [-0.05, 0) is 37.1 Å². The quantitative estimate of drug-likeness (QED) is 0.718. The number of rotatable bonds is 4. The summed E-state index contributed by atoms with van der Waals surface area (Å²) in [4.78, 5) is 24.9. The van der Waals surface area contributed by atoms with Gasteiger partial charge < -0.3 is 10.6 Å². The molecule has 2 aromatic rings. The van der Waals surface area contributed by atoms with E-state index in [1.807, 2.05) is 68.4 Å². The third-order valence-electron chi connectivity index (χ3n) is 4.51. The molecule has 1 aliphatic heterocycles. The van der Waals surface area contributed by atoms with Crippen molar-refractivity contribution in [2.75, 3.05) is 0 Å². The van der Waals surface area contributed by atoms with Crippen LogP contribution in [0.5, 0.6) is 0 Å². The Balaban J connectivity index is 1.72. The van der Waals surface area contributed by atoms with E-state index in [4.69, 9.17) is 0 Å². The van der Waals surface area contributed by atoms with Crippen LogP contribution in [0.4, 0.5) is 0 Å². The first kappa shape index (κ1) is 18.6. The summed E-state index contributed by atoms with van der Waals surface area (Å²) in [6.07, 6.45) is -0.255. The molecule has 6 heteroatoms. The van der Waals surface area contributed by atoms with Gasteiger partial charge in [0, 0.05) is 4.47 Å². The van der Waals surface area contributed by atoms with Crippen LogP contribution in [0.3, 0.4) is 0 Å². The smallest absolute Gasteiger partial charge is 0.238 e. The van der Waals surface area contributed by atoms with Crippen LogP contribution in [-0.4, -0.2) is 17.9 Å². The Bertz CT molecular complexity index is 790. The molecule has 1 aliphatic rings. The molecule has 5 nitrogen and oxygen atoms in total. The van der Waals surface area contributed by atoms with E-state index < -0.39 is 11.6 Å². The predicted octanol–water partition coefficient (Wildman–Crippen LogP) is 2.98. The summed E-state index contributed by atoms with van der Waals surface area (Å²) in [5, 5.41) is 9.17. The lowest BCUT2D eigenvalue weighted by Gasteiger charge is -2.34. The highest BCUT2D eigenvalue weighted by Crippen LogP contribution is 2.23. The third-order valence-corrected chi connectivity index (χ3v) is 5.04. The second-order valence-electron chi connectivity index (χ2n) is 6.96. The first-order valence-corrected chi connectivity index (χ1v) is 9.33. The van der Waals surface area contributed by atoms with Crippen LogP contribution in [0, 0.1) is 0 Å². The maximum atomic E-state index is 12.8. The number of hydrogen-bond acceptors (Lipinski definition) is 3. The SMILES string of the molecule is CC(C)(NC(=O)C1CC(=O)NC(c2ccccc2)N1)c1ccc(Br)cc1. The van der Waals surface area contributed by atoms with Crippen molar-refractivity contribution in [3.8, 4) is 0 Å². The molecule has 0 saturated carbocycles. The molecule has 0 radical (unpaired) electrons. The van der Waals surface area contributed by atoms with E-state index in [0.717, 1.165) is 15.6 Å². The van der Waals surface area contributed by atoms with Gasteiger partial charge in [0.1, 0.15) is 6.17 Å². The Kier molecular flexibility index (Phi) is 5.44. The van der Waals surface area contributed by atoms with Gasteiger partial charge in [-0.1, -0.05) is 58.4 Å². The summed E-state index contributed by atoms with van der Waals surface area (Å²) in [6, 6.07) is 16.8. The zero-order valence-corrected chi connectivity index (χ0v) is 16.3. The zero-order chi connectivity index (χ0) is 18.7. The van der Waals surface area contributed by atoms with Crippen LogP contribution in [0.25, 0.3) is 0 Å². The fourth-order valence-electron chi connectivity index (χ4n) is 3.03. The van der Waals surface area contributed by atoms with Crippen molar-refractivity contribution in [2.24, 2.45) is 0 Å². The summed E-state index contributed by atoms with van der Waals surface area (Å²) in [5.74, 6) is -0.326. The lowest BCUT2D eigenvalue weighted by Crippen LogP contribution is -2.58. The Morgan fingerprint density at radius 3 is 2.42 bits per heavy atom. The van der Waals surface area contributed by atoms with Gasteiger partial charge in [0.25, 0.3) is 0 Å². The average Bonchev–Trinajstić information content (AvgIpc) is 2.62. The molecule has 3 rings (SSSR count).